The smallest absolute Gasteiger partial charge is 0.188 e. The Labute approximate surface area is 325 Å². The van der Waals surface area contributed by atoms with E-state index in [4.69, 9.17) is 23.1 Å². The summed E-state index contributed by atoms with van der Waals surface area (Å²) < 4.78 is 4.71. The highest BCUT2D eigenvalue weighted by atomic mass is 32.2. The Kier molecular flexibility index (Phi) is 6.24. The summed E-state index contributed by atoms with van der Waals surface area (Å²) in [5.74, 6) is 0. The Balaban J connectivity index is 1.20. The zero-order valence-electron chi connectivity index (χ0n) is 29.6. The maximum atomic E-state index is 7.81. The average molecular weight is 731 g/mol. The average Bonchev–Trinajstić information content (AvgIpc) is 3.87. The molecule has 5 heterocycles. The third-order valence-electron chi connectivity index (χ3n) is 11.7. The van der Waals surface area contributed by atoms with E-state index < -0.39 is 5.41 Å². The lowest BCUT2D eigenvalue weighted by molar-refractivity contribution is 0.712. The van der Waals surface area contributed by atoms with Crippen LogP contribution in [0.25, 0.3) is 76.1 Å². The van der Waals surface area contributed by atoms with Crippen LogP contribution in [-0.4, -0.2) is 19.1 Å². The van der Waals surface area contributed by atoms with Gasteiger partial charge in [-0.25, -0.2) is 9.69 Å². The molecule has 4 aromatic heterocycles. The molecule has 10 aromatic rings. The first kappa shape index (κ1) is 31.0. The lowest BCUT2D eigenvalue weighted by atomic mass is 9.67. The molecule has 0 fully saturated rings. The zero-order valence-corrected chi connectivity index (χ0v) is 30.4. The van der Waals surface area contributed by atoms with Crippen LogP contribution in [0.4, 0.5) is 11.4 Å². The molecule has 258 valence electrons. The van der Waals surface area contributed by atoms with E-state index in [-0.39, 0.29) is 0 Å². The number of nitrogens with zero attached hydrogens (tertiary/aromatic N) is 6. The van der Waals surface area contributed by atoms with Gasteiger partial charge in [-0.3, -0.25) is 9.97 Å². The fraction of sp³-hybridized carbons (Fsp3) is 0.0204. The number of hydrogen-bond donors (Lipinski definition) is 0. The molecule has 1 spiro atoms. The fourth-order valence-electron chi connectivity index (χ4n) is 9.56. The SMILES string of the molecule is [C-]#[N+]c1ccc2c(c1)c1cc([N+]#[C-])ccc1n2-c1cccc2c1C1(c3ccc(-n4c5ccccc5c5ccccc54)cc3S2)c2cccnc2-c2ncccc21. The van der Waals surface area contributed by atoms with Crippen LogP contribution in [0, 0.1) is 13.1 Å². The first-order valence-corrected chi connectivity index (χ1v) is 19.2. The fourth-order valence-corrected chi connectivity index (χ4v) is 10.8. The Bertz CT molecular complexity index is 3280. The summed E-state index contributed by atoms with van der Waals surface area (Å²) in [4.78, 5) is 19.9. The number of rotatable bonds is 2. The molecule has 1 aliphatic carbocycles. The van der Waals surface area contributed by atoms with Gasteiger partial charge in [0.25, 0.3) is 0 Å². The van der Waals surface area contributed by atoms with Crippen molar-refractivity contribution in [2.45, 2.75) is 15.2 Å². The van der Waals surface area contributed by atoms with Crippen molar-refractivity contribution in [1.29, 1.82) is 0 Å². The Morgan fingerprint density at radius 3 is 1.68 bits per heavy atom. The molecule has 6 aromatic carbocycles. The molecule has 0 saturated carbocycles. The Morgan fingerprint density at radius 2 is 1.07 bits per heavy atom. The minimum absolute atomic E-state index is 0.565. The maximum Gasteiger partial charge on any atom is 0.188 e. The molecule has 0 radical (unpaired) electrons. The van der Waals surface area contributed by atoms with Crippen molar-refractivity contribution < 1.29 is 0 Å². The van der Waals surface area contributed by atoms with Crippen LogP contribution in [0.1, 0.15) is 22.3 Å². The van der Waals surface area contributed by atoms with Crippen LogP contribution < -0.4 is 0 Å². The molecule has 2 aliphatic rings. The van der Waals surface area contributed by atoms with Gasteiger partial charge in [0.1, 0.15) is 0 Å². The quantitative estimate of drug-likeness (QED) is 0.166. The van der Waals surface area contributed by atoms with E-state index in [9.17, 15) is 0 Å². The highest BCUT2D eigenvalue weighted by Crippen LogP contribution is 2.63. The van der Waals surface area contributed by atoms with Gasteiger partial charge in [0.2, 0.25) is 0 Å². The van der Waals surface area contributed by atoms with Crippen molar-refractivity contribution in [2.75, 3.05) is 0 Å². The van der Waals surface area contributed by atoms with Gasteiger partial charge in [-0.1, -0.05) is 84.6 Å². The van der Waals surface area contributed by atoms with Gasteiger partial charge in [0.05, 0.1) is 57.7 Å². The van der Waals surface area contributed by atoms with Gasteiger partial charge in [-0.15, -0.1) is 0 Å². The van der Waals surface area contributed by atoms with Crippen LogP contribution in [0.2, 0.25) is 0 Å². The number of benzene rings is 6. The maximum absolute atomic E-state index is 7.81. The van der Waals surface area contributed by atoms with Crippen molar-refractivity contribution in [2.24, 2.45) is 0 Å². The second-order valence-electron chi connectivity index (χ2n) is 14.3. The van der Waals surface area contributed by atoms with Crippen LogP contribution in [-0.2, 0) is 5.41 Å². The standard InChI is InChI=1S/C49H26N6S/c1-50-29-18-22-41-34(26-29)35-27-30(51-2)19-23-42(35)55(41)43-16-7-17-44-46(43)49(37-12-8-24-52-47(37)48-38(49)13-9-25-53-48)36-21-20-31(28-45(36)56-44)54-39-14-5-3-10-32(39)33-11-4-6-15-40(33)54/h3-28H. The van der Waals surface area contributed by atoms with Gasteiger partial charge in [-0.2, -0.15) is 0 Å². The lowest BCUT2D eigenvalue weighted by Gasteiger charge is -2.41. The van der Waals surface area contributed by atoms with Crippen molar-refractivity contribution in [3.8, 4) is 22.8 Å². The molecule has 56 heavy (non-hydrogen) atoms. The Morgan fingerprint density at radius 1 is 0.482 bits per heavy atom. The van der Waals surface area contributed by atoms with E-state index in [1.807, 2.05) is 60.9 Å². The Hall–Kier alpha value is -7.45. The van der Waals surface area contributed by atoms with Crippen molar-refractivity contribution in [3.05, 3.63) is 203 Å². The molecular weight excluding hydrogens is 705 g/mol. The highest BCUT2D eigenvalue weighted by Gasteiger charge is 2.53. The summed E-state index contributed by atoms with van der Waals surface area (Å²) in [7, 11) is 0. The number of aromatic nitrogens is 4. The number of fused-ring (bicyclic) bond motifs is 15. The largest absolute Gasteiger partial charge is 0.309 e. The second-order valence-corrected chi connectivity index (χ2v) is 15.4. The molecule has 6 nitrogen and oxygen atoms in total. The van der Waals surface area contributed by atoms with Crippen LogP contribution >= 0.6 is 11.8 Å². The number of pyridine rings is 2. The first-order valence-electron chi connectivity index (χ1n) is 18.4. The first-order chi connectivity index (χ1) is 27.7. The molecule has 0 atom stereocenters. The third-order valence-corrected chi connectivity index (χ3v) is 12.8. The molecule has 0 amide bonds. The van der Waals surface area contributed by atoms with Crippen molar-refractivity contribution in [3.63, 3.8) is 0 Å². The summed E-state index contributed by atoms with van der Waals surface area (Å²) in [5, 5.41) is 4.35. The number of hydrogen-bond acceptors (Lipinski definition) is 3. The second kappa shape index (κ2) is 11.3. The summed E-state index contributed by atoms with van der Waals surface area (Å²) in [6, 6.07) is 51.2. The third kappa shape index (κ3) is 3.89. The van der Waals surface area contributed by atoms with Gasteiger partial charge in [-0.05, 0) is 100 Å². The van der Waals surface area contributed by atoms with E-state index in [1.165, 1.54) is 32.3 Å². The molecule has 0 unspecified atom stereocenters. The molecule has 1 aliphatic heterocycles. The minimum atomic E-state index is -0.755. The minimum Gasteiger partial charge on any atom is -0.309 e. The van der Waals surface area contributed by atoms with Gasteiger partial charge < -0.3 is 9.13 Å². The number of para-hydroxylation sites is 2. The molecule has 0 bridgehead atoms. The summed E-state index contributed by atoms with van der Waals surface area (Å²) in [6.45, 7) is 15.6. The van der Waals surface area contributed by atoms with E-state index in [2.05, 4.69) is 116 Å². The summed E-state index contributed by atoms with van der Waals surface area (Å²) in [6.07, 6.45) is 3.73. The molecular formula is C49H26N6S. The summed E-state index contributed by atoms with van der Waals surface area (Å²) >= 11 is 1.80. The predicted octanol–water partition coefficient (Wildman–Crippen LogP) is 12.6. The molecule has 7 heteroatoms. The van der Waals surface area contributed by atoms with Crippen LogP contribution in [0.3, 0.4) is 0 Å². The van der Waals surface area contributed by atoms with Crippen LogP contribution in [0.5, 0.6) is 0 Å². The van der Waals surface area contributed by atoms with E-state index in [0.717, 1.165) is 66.2 Å². The monoisotopic (exact) mass is 730 g/mol. The lowest BCUT2D eigenvalue weighted by Crippen LogP contribution is -2.33. The predicted molar refractivity (Wildman–Crippen MR) is 225 cm³/mol. The van der Waals surface area contributed by atoms with E-state index >= 15 is 0 Å². The highest BCUT2D eigenvalue weighted by molar-refractivity contribution is 7.99. The van der Waals surface area contributed by atoms with Gasteiger partial charge in [0, 0.05) is 44.2 Å². The molecule has 12 rings (SSSR count). The normalized spacial score (nSPS) is 13.4. The van der Waals surface area contributed by atoms with Crippen LogP contribution in [0.15, 0.2) is 168 Å². The van der Waals surface area contributed by atoms with Crippen molar-refractivity contribution in [1.82, 2.24) is 19.1 Å². The molecule has 0 saturated heterocycles. The topological polar surface area (TPSA) is 44.4 Å². The zero-order chi connectivity index (χ0) is 37.1. The van der Waals surface area contributed by atoms with E-state index in [0.29, 0.717) is 11.4 Å². The van der Waals surface area contributed by atoms with Crippen molar-refractivity contribution >= 4 is 66.7 Å². The van der Waals surface area contributed by atoms with Gasteiger partial charge in [0.15, 0.2) is 11.4 Å². The molecule has 0 N–H and O–H groups in total. The van der Waals surface area contributed by atoms with Gasteiger partial charge >= 0.3 is 0 Å². The summed E-state index contributed by atoms with van der Waals surface area (Å²) in [5.41, 5.74) is 13.1. The van der Waals surface area contributed by atoms with E-state index in [1.54, 1.807) is 11.8 Å².